The molecule has 1 aromatic heterocycles. The minimum absolute atomic E-state index is 0.252. The van der Waals surface area contributed by atoms with E-state index < -0.39 is 0 Å². The van der Waals surface area contributed by atoms with Crippen LogP contribution in [0.3, 0.4) is 0 Å². The van der Waals surface area contributed by atoms with Gasteiger partial charge in [-0.3, -0.25) is 0 Å². The zero-order valence-electron chi connectivity index (χ0n) is 25.4. The highest BCUT2D eigenvalue weighted by Crippen LogP contribution is 2.39. The van der Waals surface area contributed by atoms with Crippen LogP contribution in [-0.4, -0.2) is 4.57 Å². The summed E-state index contributed by atoms with van der Waals surface area (Å²) >= 11 is 0. The van der Waals surface area contributed by atoms with Gasteiger partial charge in [-0.1, -0.05) is 90.5 Å². The maximum atomic E-state index is 13.9. The Morgan fingerprint density at radius 2 is 0.891 bits per heavy atom. The molecular formula is C43H31FN2. The van der Waals surface area contributed by atoms with Gasteiger partial charge >= 0.3 is 0 Å². The Balaban J connectivity index is 1.19. The second-order valence-corrected chi connectivity index (χ2v) is 11.7. The van der Waals surface area contributed by atoms with Crippen LogP contribution in [0.15, 0.2) is 170 Å². The molecule has 0 N–H and O–H groups in total. The van der Waals surface area contributed by atoms with Crippen LogP contribution in [-0.2, 0) is 0 Å². The van der Waals surface area contributed by atoms with Gasteiger partial charge in [-0.2, -0.15) is 0 Å². The Morgan fingerprint density at radius 3 is 1.50 bits per heavy atom. The standard InChI is InChI=1S/C43H31FN2/c1-30-12-26-42-40(28-30)41-29-34(17-27-43(41)46(42)36-10-6-3-7-11-36)33-15-22-38(23-16-33)45(39-24-18-35(44)19-25-39)37-20-13-32(14-21-37)31-8-4-2-5-9-31/h2-29H,1H3. The van der Waals surface area contributed by atoms with Gasteiger partial charge in [0.15, 0.2) is 0 Å². The number of aromatic nitrogens is 1. The number of hydrogen-bond acceptors (Lipinski definition) is 1. The molecule has 0 fully saturated rings. The average Bonchev–Trinajstić information content (AvgIpc) is 3.43. The molecule has 8 rings (SSSR count). The summed E-state index contributed by atoms with van der Waals surface area (Å²) in [5.41, 5.74) is 12.3. The molecule has 46 heavy (non-hydrogen) atoms. The van der Waals surface area contributed by atoms with Crippen molar-refractivity contribution >= 4 is 38.9 Å². The molecule has 0 atom stereocenters. The van der Waals surface area contributed by atoms with Crippen molar-refractivity contribution in [2.45, 2.75) is 6.92 Å². The highest BCUT2D eigenvalue weighted by Gasteiger charge is 2.16. The summed E-state index contributed by atoms with van der Waals surface area (Å²) < 4.78 is 16.3. The van der Waals surface area contributed by atoms with Crippen molar-refractivity contribution in [1.82, 2.24) is 4.57 Å². The van der Waals surface area contributed by atoms with Gasteiger partial charge in [0.2, 0.25) is 0 Å². The van der Waals surface area contributed by atoms with Gasteiger partial charge in [0, 0.05) is 33.5 Å². The molecule has 1 heterocycles. The van der Waals surface area contributed by atoms with Gasteiger partial charge in [-0.25, -0.2) is 4.39 Å². The van der Waals surface area contributed by atoms with Gasteiger partial charge in [0.25, 0.3) is 0 Å². The van der Waals surface area contributed by atoms with Crippen molar-refractivity contribution in [3.63, 3.8) is 0 Å². The van der Waals surface area contributed by atoms with Crippen LogP contribution in [0, 0.1) is 12.7 Å². The molecule has 0 saturated carbocycles. The molecule has 0 aliphatic carbocycles. The Labute approximate surface area is 268 Å². The highest BCUT2D eigenvalue weighted by atomic mass is 19.1. The van der Waals surface area contributed by atoms with Gasteiger partial charge < -0.3 is 9.47 Å². The fourth-order valence-electron chi connectivity index (χ4n) is 6.45. The molecule has 2 nitrogen and oxygen atoms in total. The van der Waals surface area contributed by atoms with E-state index in [1.54, 1.807) is 0 Å². The average molecular weight is 595 g/mol. The fraction of sp³-hybridized carbons (Fsp3) is 0.0233. The molecule has 220 valence electrons. The first-order chi connectivity index (χ1) is 22.6. The lowest BCUT2D eigenvalue weighted by atomic mass is 10.0. The first-order valence-corrected chi connectivity index (χ1v) is 15.5. The van der Waals surface area contributed by atoms with Gasteiger partial charge in [0.1, 0.15) is 5.82 Å². The second-order valence-electron chi connectivity index (χ2n) is 11.7. The lowest BCUT2D eigenvalue weighted by Gasteiger charge is -2.26. The van der Waals surface area contributed by atoms with Crippen LogP contribution >= 0.6 is 0 Å². The number of hydrogen-bond donors (Lipinski definition) is 0. The van der Waals surface area contributed by atoms with Crippen LogP contribution < -0.4 is 4.90 Å². The number of rotatable bonds is 6. The smallest absolute Gasteiger partial charge is 0.123 e. The van der Waals surface area contributed by atoms with E-state index in [4.69, 9.17) is 0 Å². The van der Waals surface area contributed by atoms with E-state index in [0.29, 0.717) is 0 Å². The Bertz CT molecular complexity index is 2290. The fourth-order valence-corrected chi connectivity index (χ4v) is 6.45. The third kappa shape index (κ3) is 5.02. The molecule has 0 saturated heterocycles. The van der Waals surface area contributed by atoms with Crippen molar-refractivity contribution in [2.24, 2.45) is 0 Å². The maximum Gasteiger partial charge on any atom is 0.123 e. The van der Waals surface area contributed by atoms with E-state index >= 15 is 0 Å². The van der Waals surface area contributed by atoms with E-state index in [2.05, 4.69) is 156 Å². The number of nitrogens with zero attached hydrogens (tertiary/aromatic N) is 2. The first-order valence-electron chi connectivity index (χ1n) is 15.5. The van der Waals surface area contributed by atoms with Crippen molar-refractivity contribution in [1.29, 1.82) is 0 Å². The number of para-hydroxylation sites is 1. The molecule has 0 spiro atoms. The number of halogens is 1. The van der Waals surface area contributed by atoms with Gasteiger partial charge in [-0.05, 0) is 114 Å². The molecule has 0 amide bonds. The van der Waals surface area contributed by atoms with E-state index in [1.807, 2.05) is 18.2 Å². The number of fused-ring (bicyclic) bond motifs is 3. The van der Waals surface area contributed by atoms with Crippen molar-refractivity contribution in [3.8, 4) is 27.9 Å². The zero-order valence-corrected chi connectivity index (χ0v) is 25.4. The summed E-state index contributed by atoms with van der Waals surface area (Å²) in [6, 6.07) is 58.2. The first kappa shape index (κ1) is 27.6. The van der Waals surface area contributed by atoms with E-state index in [-0.39, 0.29) is 5.82 Å². The largest absolute Gasteiger partial charge is 0.311 e. The Morgan fingerprint density at radius 1 is 0.435 bits per heavy atom. The predicted octanol–water partition coefficient (Wildman–Crippen LogP) is 12.0. The number of anilines is 3. The summed E-state index contributed by atoms with van der Waals surface area (Å²) in [5.74, 6) is -0.252. The third-order valence-corrected chi connectivity index (χ3v) is 8.71. The van der Waals surface area contributed by atoms with E-state index in [9.17, 15) is 4.39 Å². The number of aryl methyl sites for hydroxylation is 1. The minimum Gasteiger partial charge on any atom is -0.311 e. The van der Waals surface area contributed by atoms with Gasteiger partial charge in [0.05, 0.1) is 11.0 Å². The minimum atomic E-state index is -0.252. The van der Waals surface area contributed by atoms with Crippen LogP contribution in [0.25, 0.3) is 49.7 Å². The van der Waals surface area contributed by atoms with Crippen LogP contribution in [0.5, 0.6) is 0 Å². The lowest BCUT2D eigenvalue weighted by Crippen LogP contribution is -2.09. The van der Waals surface area contributed by atoms with Gasteiger partial charge in [-0.15, -0.1) is 0 Å². The maximum absolute atomic E-state index is 13.9. The van der Waals surface area contributed by atoms with E-state index in [0.717, 1.165) is 39.4 Å². The molecule has 0 aliphatic heterocycles. The Hall–Kier alpha value is -5.93. The van der Waals surface area contributed by atoms with Crippen molar-refractivity contribution in [2.75, 3.05) is 4.90 Å². The quantitative estimate of drug-likeness (QED) is 0.186. The van der Waals surface area contributed by atoms with E-state index in [1.165, 1.54) is 45.1 Å². The summed E-state index contributed by atoms with van der Waals surface area (Å²) in [5, 5.41) is 2.48. The molecule has 3 heteroatoms. The molecular weight excluding hydrogens is 563 g/mol. The monoisotopic (exact) mass is 594 g/mol. The molecule has 0 bridgehead atoms. The zero-order chi connectivity index (χ0) is 31.0. The molecule has 0 aliphatic rings. The summed E-state index contributed by atoms with van der Waals surface area (Å²) in [6.07, 6.45) is 0. The van der Waals surface area contributed by atoms with Crippen molar-refractivity contribution in [3.05, 3.63) is 181 Å². The van der Waals surface area contributed by atoms with Crippen LogP contribution in [0.4, 0.5) is 21.5 Å². The second kappa shape index (κ2) is 11.5. The molecule has 0 radical (unpaired) electrons. The third-order valence-electron chi connectivity index (χ3n) is 8.71. The Kier molecular flexibility index (Phi) is 6.92. The van der Waals surface area contributed by atoms with Crippen molar-refractivity contribution < 1.29 is 4.39 Å². The molecule has 8 aromatic rings. The highest BCUT2D eigenvalue weighted by molar-refractivity contribution is 6.10. The number of benzene rings is 7. The molecule has 0 unspecified atom stereocenters. The summed E-state index contributed by atoms with van der Waals surface area (Å²) in [6.45, 7) is 2.15. The van der Waals surface area contributed by atoms with Crippen LogP contribution in [0.1, 0.15) is 5.56 Å². The normalized spacial score (nSPS) is 11.3. The predicted molar refractivity (Wildman–Crippen MR) is 191 cm³/mol. The molecule has 7 aromatic carbocycles. The van der Waals surface area contributed by atoms with Crippen LogP contribution in [0.2, 0.25) is 0 Å². The SMILES string of the molecule is Cc1ccc2c(c1)c1cc(-c3ccc(N(c4ccc(F)cc4)c4ccc(-c5ccccc5)cc4)cc3)ccc1n2-c1ccccc1. The summed E-state index contributed by atoms with van der Waals surface area (Å²) in [4.78, 5) is 2.16. The lowest BCUT2D eigenvalue weighted by molar-refractivity contribution is 0.628. The summed E-state index contributed by atoms with van der Waals surface area (Å²) in [7, 11) is 0. The topological polar surface area (TPSA) is 8.17 Å².